The van der Waals surface area contributed by atoms with Crippen LogP contribution >= 0.6 is 11.6 Å². The molecular weight excluding hydrogens is 270 g/mol. The number of likely N-dealkylation sites (N-methyl/N-ethyl adjacent to an activating group) is 1. The number of nitrogens with one attached hydrogen (secondary N) is 1. The Labute approximate surface area is 124 Å². The molecule has 0 heterocycles. The summed E-state index contributed by atoms with van der Waals surface area (Å²) in [5.41, 5.74) is 8.41. The number of hydrogen-bond acceptors (Lipinski definition) is 2. The topological polar surface area (TPSA) is 53.1 Å². The predicted molar refractivity (Wildman–Crippen MR) is 85.9 cm³/mol. The van der Waals surface area contributed by atoms with Gasteiger partial charge in [-0.25, -0.2) is 0 Å². The van der Waals surface area contributed by atoms with Gasteiger partial charge in [0.15, 0.2) is 0 Å². The molecule has 104 valence electrons. The lowest BCUT2D eigenvalue weighted by Gasteiger charge is -2.22. The van der Waals surface area contributed by atoms with Crippen LogP contribution in [0.25, 0.3) is 0 Å². The molecular formula is C16H18ClN3. The molecule has 0 saturated carbocycles. The summed E-state index contributed by atoms with van der Waals surface area (Å²) in [6.45, 7) is 0.838. The van der Waals surface area contributed by atoms with E-state index in [2.05, 4.69) is 17.0 Å². The zero-order valence-corrected chi connectivity index (χ0v) is 12.2. The summed E-state index contributed by atoms with van der Waals surface area (Å²) in [4.78, 5) is 2.08. The van der Waals surface area contributed by atoms with Gasteiger partial charge in [-0.3, -0.25) is 5.41 Å². The molecule has 2 aromatic rings. The van der Waals surface area contributed by atoms with E-state index in [1.165, 1.54) is 5.56 Å². The van der Waals surface area contributed by atoms with Crippen molar-refractivity contribution in [1.82, 2.24) is 0 Å². The van der Waals surface area contributed by atoms with E-state index in [9.17, 15) is 0 Å². The van der Waals surface area contributed by atoms with Crippen LogP contribution in [0.5, 0.6) is 0 Å². The van der Waals surface area contributed by atoms with Gasteiger partial charge in [0.05, 0.1) is 10.6 Å². The Bertz CT molecular complexity index is 596. The molecule has 2 aromatic carbocycles. The van der Waals surface area contributed by atoms with E-state index >= 15 is 0 Å². The molecule has 0 bridgehead atoms. The third-order valence-electron chi connectivity index (χ3n) is 3.25. The van der Waals surface area contributed by atoms with Crippen LogP contribution in [-0.4, -0.2) is 19.4 Å². The van der Waals surface area contributed by atoms with E-state index in [4.69, 9.17) is 22.7 Å². The van der Waals surface area contributed by atoms with Gasteiger partial charge >= 0.3 is 0 Å². The van der Waals surface area contributed by atoms with Crippen LogP contribution in [0.2, 0.25) is 5.02 Å². The molecule has 0 aromatic heterocycles. The fraction of sp³-hybridized carbons (Fsp3) is 0.188. The number of amidine groups is 1. The standard InChI is InChI=1S/C16H18ClN3/c1-20(11-10-12-6-3-2-4-7-12)14-9-5-8-13(17)15(14)16(18)19/h2-9H,10-11H2,1H3,(H3,18,19). The van der Waals surface area contributed by atoms with Crippen LogP contribution in [0.15, 0.2) is 48.5 Å². The number of nitrogens with two attached hydrogens (primary N) is 1. The minimum absolute atomic E-state index is 0.00263. The Hall–Kier alpha value is -2.00. The average Bonchev–Trinajstić information content (AvgIpc) is 2.45. The van der Waals surface area contributed by atoms with Crippen LogP contribution in [0, 0.1) is 5.41 Å². The lowest BCUT2D eigenvalue weighted by atomic mass is 10.1. The average molecular weight is 288 g/mol. The summed E-state index contributed by atoms with van der Waals surface area (Å²) >= 11 is 6.14. The van der Waals surface area contributed by atoms with E-state index in [1.807, 2.05) is 37.4 Å². The van der Waals surface area contributed by atoms with Crippen molar-refractivity contribution in [2.24, 2.45) is 5.73 Å². The van der Waals surface area contributed by atoms with E-state index < -0.39 is 0 Å². The van der Waals surface area contributed by atoms with E-state index in [0.29, 0.717) is 10.6 Å². The van der Waals surface area contributed by atoms with E-state index in [0.717, 1.165) is 18.7 Å². The first-order chi connectivity index (χ1) is 9.59. The van der Waals surface area contributed by atoms with E-state index in [1.54, 1.807) is 6.07 Å². The van der Waals surface area contributed by atoms with Crippen molar-refractivity contribution in [3.05, 3.63) is 64.7 Å². The molecule has 0 aliphatic carbocycles. The highest BCUT2D eigenvalue weighted by Gasteiger charge is 2.13. The molecule has 4 heteroatoms. The Kier molecular flexibility index (Phi) is 4.64. The van der Waals surface area contributed by atoms with Crippen LogP contribution in [0.4, 0.5) is 5.69 Å². The fourth-order valence-corrected chi connectivity index (χ4v) is 2.43. The molecule has 0 aliphatic rings. The lowest BCUT2D eigenvalue weighted by molar-refractivity contribution is 0.875. The monoisotopic (exact) mass is 287 g/mol. The second-order valence-corrected chi connectivity index (χ2v) is 5.11. The van der Waals surface area contributed by atoms with E-state index in [-0.39, 0.29) is 5.84 Å². The highest BCUT2D eigenvalue weighted by Crippen LogP contribution is 2.26. The van der Waals surface area contributed by atoms with Gasteiger partial charge in [0.1, 0.15) is 5.84 Å². The smallest absolute Gasteiger partial charge is 0.126 e. The second kappa shape index (κ2) is 6.44. The summed E-state index contributed by atoms with van der Waals surface area (Å²) in [5.74, 6) is -0.00263. The molecule has 0 atom stereocenters. The Morgan fingerprint density at radius 2 is 1.85 bits per heavy atom. The summed E-state index contributed by atoms with van der Waals surface area (Å²) in [6, 6.07) is 15.9. The first kappa shape index (κ1) is 14.4. The van der Waals surface area contributed by atoms with Crippen molar-refractivity contribution < 1.29 is 0 Å². The van der Waals surface area contributed by atoms with Crippen molar-refractivity contribution in [3.8, 4) is 0 Å². The van der Waals surface area contributed by atoms with Crippen molar-refractivity contribution in [2.45, 2.75) is 6.42 Å². The fourth-order valence-electron chi connectivity index (χ4n) is 2.16. The highest BCUT2D eigenvalue weighted by molar-refractivity contribution is 6.34. The normalized spacial score (nSPS) is 10.3. The van der Waals surface area contributed by atoms with Crippen LogP contribution < -0.4 is 10.6 Å². The Morgan fingerprint density at radius 1 is 1.15 bits per heavy atom. The Morgan fingerprint density at radius 3 is 2.50 bits per heavy atom. The molecule has 0 spiro atoms. The molecule has 0 saturated heterocycles. The molecule has 20 heavy (non-hydrogen) atoms. The maximum absolute atomic E-state index is 7.67. The molecule has 3 N–H and O–H groups in total. The zero-order chi connectivity index (χ0) is 14.5. The first-order valence-electron chi connectivity index (χ1n) is 6.47. The number of hydrogen-bond donors (Lipinski definition) is 2. The maximum atomic E-state index is 7.67. The lowest BCUT2D eigenvalue weighted by Crippen LogP contribution is -2.24. The van der Waals surface area contributed by atoms with Crippen LogP contribution in [-0.2, 0) is 6.42 Å². The number of rotatable bonds is 5. The number of nitrogen functional groups attached to an aromatic ring is 1. The quantitative estimate of drug-likeness (QED) is 0.655. The van der Waals surface area contributed by atoms with Gasteiger partial charge in [0.25, 0.3) is 0 Å². The first-order valence-corrected chi connectivity index (χ1v) is 6.85. The van der Waals surface area contributed by atoms with Crippen molar-refractivity contribution >= 4 is 23.1 Å². The molecule has 0 radical (unpaired) electrons. The van der Waals surface area contributed by atoms with Gasteiger partial charge in [0, 0.05) is 19.3 Å². The van der Waals surface area contributed by atoms with Gasteiger partial charge in [0.2, 0.25) is 0 Å². The third-order valence-corrected chi connectivity index (χ3v) is 3.57. The second-order valence-electron chi connectivity index (χ2n) is 4.70. The van der Waals surface area contributed by atoms with Gasteiger partial charge in [-0.2, -0.15) is 0 Å². The van der Waals surface area contributed by atoms with Gasteiger partial charge in [-0.1, -0.05) is 48.0 Å². The van der Waals surface area contributed by atoms with Gasteiger partial charge < -0.3 is 10.6 Å². The molecule has 0 aliphatic heterocycles. The summed E-state index contributed by atoms with van der Waals surface area (Å²) < 4.78 is 0. The minimum Gasteiger partial charge on any atom is -0.384 e. The zero-order valence-electron chi connectivity index (χ0n) is 11.4. The summed E-state index contributed by atoms with van der Waals surface area (Å²) in [6.07, 6.45) is 0.932. The summed E-state index contributed by atoms with van der Waals surface area (Å²) in [7, 11) is 1.99. The van der Waals surface area contributed by atoms with Crippen molar-refractivity contribution in [2.75, 3.05) is 18.5 Å². The molecule has 0 amide bonds. The van der Waals surface area contributed by atoms with Crippen LogP contribution in [0.1, 0.15) is 11.1 Å². The van der Waals surface area contributed by atoms with Crippen LogP contribution in [0.3, 0.4) is 0 Å². The number of anilines is 1. The summed E-state index contributed by atoms with van der Waals surface area (Å²) in [5, 5.41) is 8.19. The molecule has 0 unspecified atom stereocenters. The number of benzene rings is 2. The molecule has 0 fully saturated rings. The van der Waals surface area contributed by atoms with Gasteiger partial charge in [-0.15, -0.1) is 0 Å². The largest absolute Gasteiger partial charge is 0.384 e. The maximum Gasteiger partial charge on any atom is 0.126 e. The minimum atomic E-state index is -0.00263. The number of nitrogens with zero attached hydrogens (tertiary/aromatic N) is 1. The van der Waals surface area contributed by atoms with Crippen molar-refractivity contribution in [3.63, 3.8) is 0 Å². The Balaban J connectivity index is 2.15. The SMILES string of the molecule is CN(CCc1ccccc1)c1cccc(Cl)c1C(=N)N. The number of halogens is 1. The van der Waals surface area contributed by atoms with Gasteiger partial charge in [-0.05, 0) is 24.1 Å². The predicted octanol–water partition coefficient (Wildman–Crippen LogP) is 3.30. The molecule has 2 rings (SSSR count). The van der Waals surface area contributed by atoms with Crippen molar-refractivity contribution in [1.29, 1.82) is 5.41 Å². The molecule has 3 nitrogen and oxygen atoms in total. The highest BCUT2D eigenvalue weighted by atomic mass is 35.5. The third kappa shape index (κ3) is 3.31.